The van der Waals surface area contributed by atoms with Gasteiger partial charge in [-0.25, -0.2) is 0 Å². The molecule has 1 unspecified atom stereocenters. The number of ether oxygens (including phenoxy) is 1. The van der Waals surface area contributed by atoms with Crippen molar-refractivity contribution in [1.29, 1.82) is 0 Å². The predicted molar refractivity (Wildman–Crippen MR) is 47.4 cm³/mol. The SMILES string of the molecule is NC(COC=O)c1c[nH]cc1Br. The fraction of sp³-hybridized carbons (Fsp3) is 0.286. The minimum atomic E-state index is -0.282. The molecule has 5 heteroatoms. The molecule has 0 bridgehead atoms. The third kappa shape index (κ3) is 2.09. The van der Waals surface area contributed by atoms with E-state index < -0.39 is 0 Å². The minimum absolute atomic E-state index is 0.194. The van der Waals surface area contributed by atoms with Crippen LogP contribution in [0.5, 0.6) is 0 Å². The molecule has 1 aromatic rings. The van der Waals surface area contributed by atoms with E-state index >= 15 is 0 Å². The molecule has 66 valence electrons. The van der Waals surface area contributed by atoms with Crippen LogP contribution in [0.25, 0.3) is 0 Å². The number of aromatic nitrogens is 1. The molecule has 12 heavy (non-hydrogen) atoms. The van der Waals surface area contributed by atoms with Gasteiger partial charge in [0.1, 0.15) is 6.61 Å². The summed E-state index contributed by atoms with van der Waals surface area (Å²) in [5.74, 6) is 0. The van der Waals surface area contributed by atoms with Gasteiger partial charge in [-0.3, -0.25) is 4.79 Å². The number of halogens is 1. The third-order valence-electron chi connectivity index (χ3n) is 1.47. The van der Waals surface area contributed by atoms with E-state index in [9.17, 15) is 4.79 Å². The van der Waals surface area contributed by atoms with E-state index in [0.29, 0.717) is 6.47 Å². The highest BCUT2D eigenvalue weighted by Gasteiger charge is 2.10. The van der Waals surface area contributed by atoms with E-state index in [-0.39, 0.29) is 12.6 Å². The Morgan fingerprint density at radius 1 is 1.75 bits per heavy atom. The molecular weight excluding hydrogens is 224 g/mol. The first kappa shape index (κ1) is 9.28. The standard InChI is InChI=1S/C7H9BrN2O2/c8-6-2-10-1-5(6)7(9)3-12-4-11/h1-2,4,7,10H,3,9H2. The maximum Gasteiger partial charge on any atom is 0.293 e. The molecule has 1 aromatic heterocycles. The number of rotatable bonds is 4. The van der Waals surface area contributed by atoms with E-state index in [1.807, 2.05) is 0 Å². The lowest BCUT2D eigenvalue weighted by Crippen LogP contribution is -2.16. The molecule has 1 heterocycles. The van der Waals surface area contributed by atoms with Crippen LogP contribution in [0.2, 0.25) is 0 Å². The third-order valence-corrected chi connectivity index (χ3v) is 2.15. The lowest BCUT2D eigenvalue weighted by Gasteiger charge is -2.08. The summed E-state index contributed by atoms with van der Waals surface area (Å²) in [7, 11) is 0. The highest BCUT2D eigenvalue weighted by atomic mass is 79.9. The number of carbonyl (C=O) groups excluding carboxylic acids is 1. The van der Waals surface area contributed by atoms with E-state index in [1.165, 1.54) is 0 Å². The zero-order chi connectivity index (χ0) is 8.97. The highest BCUT2D eigenvalue weighted by Crippen LogP contribution is 2.21. The summed E-state index contributed by atoms with van der Waals surface area (Å²) >= 11 is 3.30. The van der Waals surface area contributed by atoms with Gasteiger partial charge in [0.2, 0.25) is 0 Å². The molecule has 0 aliphatic heterocycles. The maximum absolute atomic E-state index is 9.87. The predicted octanol–water partition coefficient (Wildman–Crippen LogP) is 0.950. The first-order valence-corrected chi connectivity index (χ1v) is 4.18. The Morgan fingerprint density at radius 3 is 3.00 bits per heavy atom. The topological polar surface area (TPSA) is 68.1 Å². The van der Waals surface area contributed by atoms with Crippen LogP contribution in [0, 0.1) is 0 Å². The number of nitrogens with one attached hydrogen (secondary N) is 1. The van der Waals surface area contributed by atoms with Gasteiger partial charge < -0.3 is 15.5 Å². The van der Waals surface area contributed by atoms with E-state index in [1.54, 1.807) is 12.4 Å². The van der Waals surface area contributed by atoms with Crippen molar-refractivity contribution in [2.45, 2.75) is 6.04 Å². The van der Waals surface area contributed by atoms with Gasteiger partial charge >= 0.3 is 0 Å². The van der Waals surface area contributed by atoms with E-state index in [0.717, 1.165) is 10.0 Å². The second-order valence-electron chi connectivity index (χ2n) is 2.29. The Bertz CT molecular complexity index is 262. The number of nitrogens with two attached hydrogens (primary N) is 1. The van der Waals surface area contributed by atoms with Crippen molar-refractivity contribution >= 4 is 22.4 Å². The molecule has 0 saturated carbocycles. The van der Waals surface area contributed by atoms with Crippen molar-refractivity contribution in [1.82, 2.24) is 4.98 Å². The average molecular weight is 233 g/mol. The second kappa shape index (κ2) is 4.27. The van der Waals surface area contributed by atoms with Gasteiger partial charge in [0.15, 0.2) is 0 Å². The number of aromatic amines is 1. The Morgan fingerprint density at radius 2 is 2.50 bits per heavy atom. The smallest absolute Gasteiger partial charge is 0.293 e. The average Bonchev–Trinajstić information content (AvgIpc) is 2.47. The molecule has 1 atom stereocenters. The molecule has 0 saturated heterocycles. The van der Waals surface area contributed by atoms with Crippen LogP contribution in [-0.4, -0.2) is 18.1 Å². The van der Waals surface area contributed by atoms with Gasteiger partial charge in [0.25, 0.3) is 6.47 Å². The van der Waals surface area contributed by atoms with Crippen LogP contribution in [0.15, 0.2) is 16.9 Å². The lowest BCUT2D eigenvalue weighted by atomic mass is 10.2. The molecule has 1 rings (SSSR count). The van der Waals surface area contributed by atoms with Gasteiger partial charge in [-0.15, -0.1) is 0 Å². The molecule has 0 spiro atoms. The van der Waals surface area contributed by atoms with Crippen molar-refractivity contribution in [3.8, 4) is 0 Å². The lowest BCUT2D eigenvalue weighted by molar-refractivity contribution is -0.129. The largest absolute Gasteiger partial charge is 0.466 e. The van der Waals surface area contributed by atoms with E-state index in [2.05, 4.69) is 25.7 Å². The fourth-order valence-corrected chi connectivity index (χ4v) is 1.41. The normalized spacial score (nSPS) is 12.5. The van der Waals surface area contributed by atoms with Gasteiger partial charge in [-0.2, -0.15) is 0 Å². The first-order valence-electron chi connectivity index (χ1n) is 3.38. The summed E-state index contributed by atoms with van der Waals surface area (Å²) in [4.78, 5) is 12.8. The Hall–Kier alpha value is -0.810. The summed E-state index contributed by atoms with van der Waals surface area (Å²) in [5.41, 5.74) is 6.59. The van der Waals surface area contributed by atoms with Gasteiger partial charge in [-0.05, 0) is 15.9 Å². The van der Waals surface area contributed by atoms with Crippen molar-refractivity contribution in [3.05, 3.63) is 22.4 Å². The summed E-state index contributed by atoms with van der Waals surface area (Å²) < 4.78 is 5.43. The first-order chi connectivity index (χ1) is 5.75. The Kier molecular flexibility index (Phi) is 3.31. The molecule has 0 aromatic carbocycles. The Balaban J connectivity index is 2.58. The van der Waals surface area contributed by atoms with Crippen LogP contribution in [0.1, 0.15) is 11.6 Å². The van der Waals surface area contributed by atoms with Gasteiger partial charge in [-0.1, -0.05) is 0 Å². The monoisotopic (exact) mass is 232 g/mol. The highest BCUT2D eigenvalue weighted by molar-refractivity contribution is 9.10. The molecule has 0 fully saturated rings. The van der Waals surface area contributed by atoms with Crippen LogP contribution < -0.4 is 5.73 Å². The minimum Gasteiger partial charge on any atom is -0.466 e. The van der Waals surface area contributed by atoms with Crippen LogP contribution in [0.3, 0.4) is 0 Å². The van der Waals surface area contributed by atoms with Crippen LogP contribution in [-0.2, 0) is 9.53 Å². The Labute approximate surface area is 78.2 Å². The molecule has 4 nitrogen and oxygen atoms in total. The van der Waals surface area contributed by atoms with Crippen LogP contribution >= 0.6 is 15.9 Å². The van der Waals surface area contributed by atoms with E-state index in [4.69, 9.17) is 5.73 Å². The summed E-state index contributed by atoms with van der Waals surface area (Å²) in [6.45, 7) is 0.584. The van der Waals surface area contributed by atoms with Crippen molar-refractivity contribution in [2.75, 3.05) is 6.61 Å². The molecule has 0 aliphatic carbocycles. The number of carbonyl (C=O) groups is 1. The molecule has 0 radical (unpaired) electrons. The second-order valence-corrected chi connectivity index (χ2v) is 3.15. The quantitative estimate of drug-likeness (QED) is 0.760. The summed E-state index contributed by atoms with van der Waals surface area (Å²) in [6.07, 6.45) is 3.54. The summed E-state index contributed by atoms with van der Waals surface area (Å²) in [6, 6.07) is -0.282. The zero-order valence-electron chi connectivity index (χ0n) is 6.29. The number of hydrogen-bond donors (Lipinski definition) is 2. The molecular formula is C7H9BrN2O2. The van der Waals surface area contributed by atoms with Crippen molar-refractivity contribution < 1.29 is 9.53 Å². The maximum atomic E-state index is 9.87. The molecule has 0 amide bonds. The van der Waals surface area contributed by atoms with Crippen LogP contribution in [0.4, 0.5) is 0 Å². The van der Waals surface area contributed by atoms with Crippen molar-refractivity contribution in [2.24, 2.45) is 5.73 Å². The molecule has 0 aliphatic rings. The fourth-order valence-electron chi connectivity index (χ4n) is 0.874. The van der Waals surface area contributed by atoms with Gasteiger partial charge in [0.05, 0.1) is 6.04 Å². The van der Waals surface area contributed by atoms with Crippen molar-refractivity contribution in [3.63, 3.8) is 0 Å². The summed E-state index contributed by atoms with van der Waals surface area (Å²) in [5, 5.41) is 0. The number of hydrogen-bond acceptors (Lipinski definition) is 3. The van der Waals surface area contributed by atoms with Gasteiger partial charge in [0, 0.05) is 22.4 Å². The molecule has 3 N–H and O–H groups in total. The zero-order valence-corrected chi connectivity index (χ0v) is 7.87. The number of H-pyrrole nitrogens is 1.